The molecule has 9 heteroatoms. The quantitative estimate of drug-likeness (QED) is 0.224. The fraction of sp³-hybridized carbons (Fsp3) is 0.310. The molecule has 38 heavy (non-hydrogen) atoms. The molecule has 0 atom stereocenters. The third-order valence-electron chi connectivity index (χ3n) is 6.00. The van der Waals surface area contributed by atoms with Crippen molar-refractivity contribution in [1.82, 2.24) is 0 Å². The van der Waals surface area contributed by atoms with Gasteiger partial charge in [-0.2, -0.15) is 0 Å². The lowest BCUT2D eigenvalue weighted by atomic mass is 9.87. The molecule has 8 nitrogen and oxygen atoms in total. The fourth-order valence-corrected chi connectivity index (χ4v) is 4.98. The van der Waals surface area contributed by atoms with E-state index in [1.54, 1.807) is 52.7 Å². The van der Waals surface area contributed by atoms with Crippen molar-refractivity contribution >= 4 is 28.6 Å². The first-order valence-electron chi connectivity index (χ1n) is 11.9. The second kappa shape index (κ2) is 11.9. The van der Waals surface area contributed by atoms with E-state index in [4.69, 9.17) is 23.7 Å². The highest BCUT2D eigenvalue weighted by atomic mass is 32.3. The first-order chi connectivity index (χ1) is 18.0. The zero-order chi connectivity index (χ0) is 28.1. The summed E-state index contributed by atoms with van der Waals surface area (Å²) in [6, 6.07) is 14.3. The second-order valence-corrected chi connectivity index (χ2v) is 11.3. The van der Waals surface area contributed by atoms with Crippen LogP contribution >= 0.6 is 10.8 Å². The molecule has 0 saturated heterocycles. The van der Waals surface area contributed by atoms with Crippen LogP contribution in [0.2, 0.25) is 0 Å². The van der Waals surface area contributed by atoms with Crippen molar-refractivity contribution in [3.05, 3.63) is 65.2 Å². The number of hydrogen-bond donors (Lipinski definition) is 3. The van der Waals surface area contributed by atoms with E-state index in [2.05, 4.69) is 25.5 Å². The zero-order valence-electron chi connectivity index (χ0n) is 23.1. The highest BCUT2D eigenvalue weighted by Gasteiger charge is 2.21. The topological polar surface area (TPSA) is 98.6 Å². The summed E-state index contributed by atoms with van der Waals surface area (Å²) >= 11 is 0. The molecule has 0 amide bonds. The zero-order valence-corrected chi connectivity index (χ0v) is 23.9. The number of hydrogen-bond acceptors (Lipinski definition) is 8. The van der Waals surface area contributed by atoms with Crippen molar-refractivity contribution in [2.45, 2.75) is 31.1 Å². The molecular weight excluding hydrogens is 506 g/mol. The fourth-order valence-electron chi connectivity index (χ4n) is 3.86. The van der Waals surface area contributed by atoms with E-state index < -0.39 is 10.8 Å². The summed E-state index contributed by atoms with van der Waals surface area (Å²) in [5, 5.41) is 0. The van der Waals surface area contributed by atoms with Gasteiger partial charge in [0.05, 0.1) is 46.1 Å². The summed E-state index contributed by atoms with van der Waals surface area (Å²) < 4.78 is 52.4. The molecule has 0 bridgehead atoms. The van der Waals surface area contributed by atoms with Crippen molar-refractivity contribution in [1.29, 1.82) is 0 Å². The van der Waals surface area contributed by atoms with E-state index in [1.165, 1.54) is 7.11 Å². The predicted octanol–water partition coefficient (Wildman–Crippen LogP) is 7.58. The van der Waals surface area contributed by atoms with Gasteiger partial charge in [0.25, 0.3) is 0 Å². The minimum atomic E-state index is -3.39. The Balaban J connectivity index is 0.00000533. The maximum atomic E-state index is 11.1. The van der Waals surface area contributed by atoms with Crippen LogP contribution in [0.5, 0.6) is 28.7 Å². The number of benzene rings is 3. The number of anilines is 1. The second-order valence-electron chi connectivity index (χ2n) is 9.51. The van der Waals surface area contributed by atoms with Gasteiger partial charge in [0.2, 0.25) is 5.75 Å². The van der Waals surface area contributed by atoms with Crippen LogP contribution in [-0.2, 0) is 5.41 Å². The Labute approximate surface area is 228 Å². The van der Waals surface area contributed by atoms with Crippen molar-refractivity contribution < 1.29 is 34.2 Å². The lowest BCUT2D eigenvalue weighted by Gasteiger charge is -2.35. The smallest absolute Gasteiger partial charge is 0.203 e. The molecule has 208 valence electrons. The Hall–Kier alpha value is -3.53. The molecule has 0 aliphatic heterocycles. The highest BCUT2D eigenvalue weighted by Crippen LogP contribution is 2.50. The van der Waals surface area contributed by atoms with Crippen LogP contribution in [0.4, 0.5) is 5.69 Å². The molecule has 3 aromatic carbocycles. The molecule has 3 rings (SSSR count). The van der Waals surface area contributed by atoms with Crippen LogP contribution < -0.4 is 28.4 Å². The first-order valence-corrected chi connectivity index (χ1v) is 13.4. The van der Waals surface area contributed by atoms with Crippen LogP contribution in [-0.4, -0.2) is 44.7 Å². The lowest BCUT2D eigenvalue weighted by molar-refractivity contribution is 0.324. The minimum absolute atomic E-state index is 0. The van der Waals surface area contributed by atoms with E-state index >= 15 is 0 Å². The largest absolute Gasteiger partial charge is 0.493 e. The normalized spacial score (nSPS) is 12.3. The molecule has 0 spiro atoms. The Morgan fingerprint density at radius 2 is 1.24 bits per heavy atom. The predicted molar refractivity (Wildman–Crippen MR) is 157 cm³/mol. The Bertz CT molecular complexity index is 1260. The maximum absolute atomic E-state index is 11.1. The number of ether oxygens (including phenoxy) is 5. The Kier molecular flexibility index (Phi) is 9.09. The molecule has 0 saturated carbocycles. The van der Waals surface area contributed by atoms with E-state index in [0.29, 0.717) is 44.9 Å². The first kappa shape index (κ1) is 29.0. The number of methoxy groups -OCH3 is 5. The Morgan fingerprint density at radius 3 is 1.71 bits per heavy atom. The van der Waals surface area contributed by atoms with E-state index in [-0.39, 0.29) is 6.84 Å². The molecule has 0 aliphatic rings. The van der Waals surface area contributed by atoms with Gasteiger partial charge in [-0.1, -0.05) is 55.8 Å². The van der Waals surface area contributed by atoms with Gasteiger partial charge in [-0.25, -0.2) is 0 Å². The van der Waals surface area contributed by atoms with Crippen LogP contribution in [0.25, 0.3) is 12.2 Å². The molecule has 3 aromatic rings. The summed E-state index contributed by atoms with van der Waals surface area (Å²) in [6.45, 7) is 6.32. The lowest BCUT2D eigenvalue weighted by Crippen LogP contribution is -2.13. The third kappa shape index (κ3) is 6.48. The van der Waals surface area contributed by atoms with Crippen LogP contribution in [0.15, 0.2) is 53.4 Å². The monoisotopic (exact) mass is 545 g/mol. The van der Waals surface area contributed by atoms with Gasteiger partial charge in [0.1, 0.15) is 0 Å². The average molecular weight is 546 g/mol. The summed E-state index contributed by atoms with van der Waals surface area (Å²) in [5.41, 5.74) is 2.92. The van der Waals surface area contributed by atoms with Crippen molar-refractivity contribution in [2.75, 3.05) is 40.3 Å². The Morgan fingerprint density at radius 1 is 0.711 bits per heavy atom. The summed E-state index contributed by atoms with van der Waals surface area (Å²) in [7, 11) is 4.33. The van der Waals surface area contributed by atoms with E-state index in [9.17, 15) is 9.11 Å². The van der Waals surface area contributed by atoms with Crippen LogP contribution in [0, 0.1) is 0 Å². The number of rotatable bonds is 10. The van der Waals surface area contributed by atoms with Crippen molar-refractivity contribution in [3.63, 3.8) is 0 Å². The van der Waals surface area contributed by atoms with E-state index in [0.717, 1.165) is 11.1 Å². The molecular formula is C29H39NO7S. The molecule has 0 aliphatic carbocycles. The van der Waals surface area contributed by atoms with Gasteiger partial charge >= 0.3 is 0 Å². The standard InChI is InChI=1S/C29H37NO7S.H2/c1-29(2,3)21-11-13-22(14-12-21)38(31,32)30-23-18-25(34-5)24(33-4)17-20(23)10-9-19-15-26(35-6)28(37-8)27(16-19)36-7;/h9-18,30-32H,1-8H3;1H/b10-9-;. The SMILES string of the molecule is COc1cc(/C=C\c2cc(OC)c(OC)c(OC)c2)c(NS(O)(O)c2ccc(C(C)(C)C)cc2)cc1OC.[HH]. The van der Waals surface area contributed by atoms with Gasteiger partial charge in [0.15, 0.2) is 23.0 Å². The summed E-state index contributed by atoms with van der Waals surface area (Å²) in [6.07, 6.45) is 3.67. The molecule has 0 unspecified atom stereocenters. The summed E-state index contributed by atoms with van der Waals surface area (Å²) in [4.78, 5) is 0.375. The van der Waals surface area contributed by atoms with Gasteiger partial charge in [-0.05, 0) is 46.9 Å². The number of nitrogens with one attached hydrogen (secondary N) is 1. The van der Waals surface area contributed by atoms with Crippen LogP contribution in [0.3, 0.4) is 0 Å². The summed E-state index contributed by atoms with van der Waals surface area (Å²) in [5.74, 6) is 2.47. The van der Waals surface area contributed by atoms with Gasteiger partial charge in [-0.3, -0.25) is 13.8 Å². The minimum Gasteiger partial charge on any atom is -0.493 e. The van der Waals surface area contributed by atoms with Crippen LogP contribution in [0.1, 0.15) is 38.9 Å². The van der Waals surface area contributed by atoms with Gasteiger partial charge in [-0.15, -0.1) is 0 Å². The average Bonchev–Trinajstić information content (AvgIpc) is 2.90. The van der Waals surface area contributed by atoms with Gasteiger partial charge < -0.3 is 23.7 Å². The molecule has 0 fully saturated rings. The molecule has 3 N–H and O–H groups in total. The maximum Gasteiger partial charge on any atom is 0.203 e. The molecule has 0 heterocycles. The molecule has 0 radical (unpaired) electrons. The van der Waals surface area contributed by atoms with Gasteiger partial charge in [0, 0.05) is 13.1 Å². The van der Waals surface area contributed by atoms with Crippen molar-refractivity contribution in [3.8, 4) is 28.7 Å². The van der Waals surface area contributed by atoms with Crippen molar-refractivity contribution in [2.24, 2.45) is 0 Å². The highest BCUT2D eigenvalue weighted by molar-refractivity contribution is 8.25. The third-order valence-corrected chi connectivity index (χ3v) is 7.43. The van der Waals surface area contributed by atoms with E-state index in [1.807, 2.05) is 36.4 Å². The molecule has 0 aromatic heterocycles.